The molecule has 0 unspecified atom stereocenters. The smallest absolute Gasteiger partial charge is 0.223 e. The van der Waals surface area contributed by atoms with Gasteiger partial charge in [-0.05, 0) is 37.6 Å². The Bertz CT molecular complexity index is 436. The summed E-state index contributed by atoms with van der Waals surface area (Å²) in [6, 6.07) is 8.11. The van der Waals surface area contributed by atoms with Crippen LogP contribution in [-0.2, 0) is 11.3 Å². The van der Waals surface area contributed by atoms with Crippen molar-refractivity contribution in [3.8, 4) is 0 Å². The number of amides is 1. The molecule has 2 rings (SSSR count). The molecule has 1 fully saturated rings. The summed E-state index contributed by atoms with van der Waals surface area (Å²) in [6.45, 7) is 4.68. The van der Waals surface area contributed by atoms with Gasteiger partial charge in [-0.2, -0.15) is 0 Å². The highest BCUT2D eigenvalue weighted by atomic mass is 35.5. The monoisotopic (exact) mass is 280 g/mol. The van der Waals surface area contributed by atoms with Crippen LogP contribution in [0.25, 0.3) is 0 Å². The second-order valence-corrected chi connectivity index (χ2v) is 5.35. The van der Waals surface area contributed by atoms with Gasteiger partial charge in [-0.3, -0.25) is 4.79 Å². The number of benzene rings is 1. The average Bonchev–Trinajstić information content (AvgIpc) is 2.74. The van der Waals surface area contributed by atoms with Gasteiger partial charge in [-0.25, -0.2) is 0 Å². The molecule has 0 aliphatic carbocycles. The molecule has 0 bridgehead atoms. The number of carbonyl (C=O) groups excluding carboxylic acids is 1. The van der Waals surface area contributed by atoms with Crippen LogP contribution in [0.2, 0.25) is 5.02 Å². The summed E-state index contributed by atoms with van der Waals surface area (Å²) in [6.07, 6.45) is 2.65. The van der Waals surface area contributed by atoms with E-state index in [1.54, 1.807) is 0 Å². The van der Waals surface area contributed by atoms with Gasteiger partial charge in [-0.1, -0.05) is 36.7 Å². The van der Waals surface area contributed by atoms with Crippen LogP contribution in [0.5, 0.6) is 0 Å². The summed E-state index contributed by atoms with van der Waals surface area (Å²) in [4.78, 5) is 14.0. The number of likely N-dealkylation sites (tertiary alicyclic amines) is 1. The van der Waals surface area contributed by atoms with Crippen molar-refractivity contribution in [3.05, 3.63) is 34.9 Å². The maximum absolute atomic E-state index is 12.0. The standard InChI is InChI=1S/C15H21ClN2O/c1-2-17-10-9-13-7-8-15(19)18(13)11-12-5-3-4-6-14(12)16/h3-6,13,17H,2,7-11H2,1H3/t13-/m0/s1. The van der Waals surface area contributed by atoms with E-state index in [4.69, 9.17) is 11.6 Å². The van der Waals surface area contributed by atoms with Crippen molar-refractivity contribution in [3.63, 3.8) is 0 Å². The Morgan fingerprint density at radius 2 is 2.21 bits per heavy atom. The van der Waals surface area contributed by atoms with Crippen molar-refractivity contribution in [2.24, 2.45) is 0 Å². The minimum atomic E-state index is 0.251. The van der Waals surface area contributed by atoms with Crippen LogP contribution in [0, 0.1) is 0 Å². The molecule has 1 aliphatic rings. The van der Waals surface area contributed by atoms with E-state index in [2.05, 4.69) is 12.2 Å². The largest absolute Gasteiger partial charge is 0.335 e. The fraction of sp³-hybridized carbons (Fsp3) is 0.533. The first-order chi connectivity index (χ1) is 9.22. The second kappa shape index (κ2) is 6.92. The van der Waals surface area contributed by atoms with Crippen LogP contribution in [0.4, 0.5) is 0 Å². The third-order valence-corrected chi connectivity index (χ3v) is 4.02. The summed E-state index contributed by atoms with van der Waals surface area (Å²) in [5.74, 6) is 0.251. The number of hydrogen-bond donors (Lipinski definition) is 1. The zero-order valence-electron chi connectivity index (χ0n) is 11.4. The Hall–Kier alpha value is -1.06. The Morgan fingerprint density at radius 1 is 1.42 bits per heavy atom. The van der Waals surface area contributed by atoms with E-state index in [9.17, 15) is 4.79 Å². The molecular weight excluding hydrogens is 260 g/mol. The number of halogens is 1. The van der Waals surface area contributed by atoms with Gasteiger partial charge < -0.3 is 10.2 Å². The topological polar surface area (TPSA) is 32.3 Å². The maximum Gasteiger partial charge on any atom is 0.223 e. The van der Waals surface area contributed by atoms with Crippen molar-refractivity contribution in [2.75, 3.05) is 13.1 Å². The summed E-state index contributed by atoms with van der Waals surface area (Å²) >= 11 is 6.17. The highest BCUT2D eigenvalue weighted by molar-refractivity contribution is 6.31. The van der Waals surface area contributed by atoms with Crippen molar-refractivity contribution in [1.82, 2.24) is 10.2 Å². The van der Waals surface area contributed by atoms with Crippen molar-refractivity contribution < 1.29 is 4.79 Å². The van der Waals surface area contributed by atoms with Gasteiger partial charge >= 0.3 is 0 Å². The van der Waals surface area contributed by atoms with E-state index in [1.165, 1.54) is 0 Å². The number of nitrogens with zero attached hydrogens (tertiary/aromatic N) is 1. The van der Waals surface area contributed by atoms with Crippen LogP contribution in [0.15, 0.2) is 24.3 Å². The van der Waals surface area contributed by atoms with Crippen molar-refractivity contribution >= 4 is 17.5 Å². The van der Waals surface area contributed by atoms with Gasteiger partial charge in [-0.15, -0.1) is 0 Å². The predicted molar refractivity (Wildman–Crippen MR) is 78.2 cm³/mol. The molecule has 104 valence electrons. The SMILES string of the molecule is CCNCC[C@@H]1CCC(=O)N1Cc1ccccc1Cl. The third-order valence-electron chi connectivity index (χ3n) is 3.66. The molecule has 4 heteroatoms. The Kier molecular flexibility index (Phi) is 5.23. The van der Waals surface area contributed by atoms with Crippen molar-refractivity contribution in [2.45, 2.75) is 38.8 Å². The van der Waals surface area contributed by atoms with E-state index >= 15 is 0 Å². The normalized spacial score (nSPS) is 19.2. The second-order valence-electron chi connectivity index (χ2n) is 4.95. The molecule has 1 heterocycles. The first kappa shape index (κ1) is 14.4. The van der Waals surface area contributed by atoms with E-state index in [-0.39, 0.29) is 5.91 Å². The lowest BCUT2D eigenvalue weighted by Crippen LogP contribution is -2.34. The zero-order chi connectivity index (χ0) is 13.7. The molecule has 19 heavy (non-hydrogen) atoms. The Balaban J connectivity index is 1.99. The quantitative estimate of drug-likeness (QED) is 0.813. The lowest BCUT2D eigenvalue weighted by atomic mass is 10.1. The molecule has 0 saturated carbocycles. The fourth-order valence-corrected chi connectivity index (χ4v) is 2.76. The molecule has 0 aromatic heterocycles. The molecule has 1 aliphatic heterocycles. The third kappa shape index (κ3) is 3.71. The van der Waals surface area contributed by atoms with Crippen LogP contribution in [0.3, 0.4) is 0 Å². The van der Waals surface area contributed by atoms with E-state index in [0.29, 0.717) is 19.0 Å². The minimum Gasteiger partial charge on any atom is -0.335 e. The van der Waals surface area contributed by atoms with Gasteiger partial charge in [0.2, 0.25) is 5.91 Å². The molecule has 3 nitrogen and oxygen atoms in total. The molecular formula is C15H21ClN2O. The van der Waals surface area contributed by atoms with Crippen LogP contribution in [0.1, 0.15) is 31.7 Å². The first-order valence-corrected chi connectivity index (χ1v) is 7.33. The summed E-state index contributed by atoms with van der Waals surface area (Å²) in [5.41, 5.74) is 1.04. The van der Waals surface area contributed by atoms with Gasteiger partial charge in [0.15, 0.2) is 0 Å². The lowest BCUT2D eigenvalue weighted by Gasteiger charge is -2.25. The van der Waals surface area contributed by atoms with Gasteiger partial charge in [0, 0.05) is 24.0 Å². The molecule has 1 amide bonds. The van der Waals surface area contributed by atoms with Crippen LogP contribution < -0.4 is 5.32 Å². The van der Waals surface area contributed by atoms with E-state index in [1.807, 2.05) is 29.2 Å². The van der Waals surface area contributed by atoms with E-state index in [0.717, 1.165) is 36.5 Å². The van der Waals surface area contributed by atoms with Crippen molar-refractivity contribution in [1.29, 1.82) is 0 Å². The number of nitrogens with one attached hydrogen (secondary N) is 1. The van der Waals surface area contributed by atoms with Gasteiger partial charge in [0.25, 0.3) is 0 Å². The molecule has 1 aromatic rings. The van der Waals surface area contributed by atoms with E-state index < -0.39 is 0 Å². The number of rotatable bonds is 6. The molecule has 1 aromatic carbocycles. The fourth-order valence-electron chi connectivity index (χ4n) is 2.57. The molecule has 1 atom stereocenters. The number of carbonyl (C=O) groups is 1. The average molecular weight is 281 g/mol. The molecule has 0 spiro atoms. The summed E-state index contributed by atoms with van der Waals surface area (Å²) in [5, 5.41) is 4.06. The van der Waals surface area contributed by atoms with Crippen LogP contribution >= 0.6 is 11.6 Å². The molecule has 0 radical (unpaired) electrons. The summed E-state index contributed by atoms with van der Waals surface area (Å²) < 4.78 is 0. The Labute approximate surface area is 119 Å². The zero-order valence-corrected chi connectivity index (χ0v) is 12.1. The number of hydrogen-bond acceptors (Lipinski definition) is 2. The highest BCUT2D eigenvalue weighted by Crippen LogP contribution is 2.26. The highest BCUT2D eigenvalue weighted by Gasteiger charge is 2.30. The predicted octanol–water partition coefficient (Wildman–Crippen LogP) is 2.83. The molecule has 1 saturated heterocycles. The summed E-state index contributed by atoms with van der Waals surface area (Å²) in [7, 11) is 0. The lowest BCUT2D eigenvalue weighted by molar-refractivity contribution is -0.129. The Morgan fingerprint density at radius 3 is 2.95 bits per heavy atom. The van der Waals surface area contributed by atoms with Gasteiger partial charge in [0.05, 0.1) is 0 Å². The van der Waals surface area contributed by atoms with Gasteiger partial charge in [0.1, 0.15) is 0 Å². The molecule has 1 N–H and O–H groups in total. The minimum absolute atomic E-state index is 0.251. The van der Waals surface area contributed by atoms with Crippen LogP contribution in [-0.4, -0.2) is 29.9 Å². The first-order valence-electron chi connectivity index (χ1n) is 6.96. The maximum atomic E-state index is 12.0.